The van der Waals surface area contributed by atoms with Gasteiger partial charge in [-0.2, -0.15) is 9.36 Å². The number of carbonyl (C=O) groups excluding carboxylic acids is 2. The minimum Gasteiger partial charge on any atom is -0.481 e. The molecule has 0 saturated carbocycles. The van der Waals surface area contributed by atoms with Crippen LogP contribution in [0.2, 0.25) is 0 Å². The van der Waals surface area contributed by atoms with Crippen molar-refractivity contribution in [2.24, 2.45) is 11.8 Å². The maximum absolute atomic E-state index is 13.3. The number of carboxylic acids is 1. The van der Waals surface area contributed by atoms with Gasteiger partial charge in [0.1, 0.15) is 5.25 Å². The van der Waals surface area contributed by atoms with Crippen LogP contribution in [0.3, 0.4) is 0 Å². The van der Waals surface area contributed by atoms with E-state index in [4.69, 9.17) is 0 Å². The number of nitrogens with one attached hydrogen (secondary N) is 2. The van der Waals surface area contributed by atoms with E-state index in [0.29, 0.717) is 28.8 Å². The first-order valence-corrected chi connectivity index (χ1v) is 14.4. The summed E-state index contributed by atoms with van der Waals surface area (Å²) in [6, 6.07) is 16.6. The van der Waals surface area contributed by atoms with Gasteiger partial charge in [0, 0.05) is 22.1 Å². The van der Waals surface area contributed by atoms with Crippen LogP contribution in [0.4, 0.5) is 10.8 Å². The number of anilines is 2. The average Bonchev–Trinajstić information content (AvgIpc) is 3.34. The molecule has 8 nitrogen and oxygen atoms in total. The van der Waals surface area contributed by atoms with Crippen molar-refractivity contribution in [1.82, 2.24) is 9.36 Å². The number of benzene rings is 2. The maximum atomic E-state index is 13.3. The number of nitrogens with zero attached hydrogens (tertiary/aromatic N) is 2. The Bertz CT molecular complexity index is 1280. The third kappa shape index (κ3) is 7.21. The summed E-state index contributed by atoms with van der Waals surface area (Å²) in [5.41, 5.74) is 1.37. The Hall–Kier alpha value is -3.15. The van der Waals surface area contributed by atoms with Crippen molar-refractivity contribution in [2.75, 3.05) is 16.4 Å². The molecule has 0 saturated heterocycles. The minimum absolute atomic E-state index is 0.229. The molecule has 2 amide bonds. The molecule has 3 unspecified atom stereocenters. The molecule has 1 aliphatic carbocycles. The first kappa shape index (κ1) is 26.9. The highest BCUT2D eigenvalue weighted by molar-refractivity contribution is 8.00. The molecule has 0 bridgehead atoms. The number of amides is 2. The summed E-state index contributed by atoms with van der Waals surface area (Å²) in [5, 5.41) is 15.8. The van der Waals surface area contributed by atoms with E-state index in [1.165, 1.54) is 23.5 Å². The van der Waals surface area contributed by atoms with Crippen LogP contribution in [-0.2, 0) is 14.4 Å². The van der Waals surface area contributed by atoms with Crippen LogP contribution >= 0.6 is 35.1 Å². The zero-order valence-corrected chi connectivity index (χ0v) is 22.4. The van der Waals surface area contributed by atoms with Crippen LogP contribution in [0, 0.1) is 11.8 Å². The van der Waals surface area contributed by atoms with E-state index in [1.54, 1.807) is 24.3 Å². The molecule has 0 aliphatic heterocycles. The predicted octanol–water partition coefficient (Wildman–Crippen LogP) is 5.73. The predicted molar refractivity (Wildman–Crippen MR) is 148 cm³/mol. The largest absolute Gasteiger partial charge is 0.481 e. The highest BCUT2D eigenvalue weighted by Crippen LogP contribution is 2.38. The molecular formula is C26H26N4O4S3. The Labute approximate surface area is 227 Å². The third-order valence-electron chi connectivity index (χ3n) is 5.69. The normalized spacial score (nSPS) is 17.6. The van der Waals surface area contributed by atoms with E-state index in [1.807, 2.05) is 49.4 Å². The maximum Gasteiger partial charge on any atom is 0.307 e. The standard InChI is InChI=1S/C26H26N4O4S3/c1-2-35-26-29-25(37-30-26)28-23(32)21(16-9-4-3-5-10-16)36-18-12-8-11-17(15-18)27-22(31)19-13-6-7-14-20(19)24(33)34/h3-12,15,19-21H,2,13-14H2,1H3,(H,27,31)(H,33,34)(H,28,29,30,32). The molecule has 4 rings (SSSR count). The number of thioether (sulfide) groups is 2. The smallest absolute Gasteiger partial charge is 0.307 e. The Morgan fingerprint density at radius 1 is 1.05 bits per heavy atom. The number of aliphatic carboxylic acids is 1. The summed E-state index contributed by atoms with van der Waals surface area (Å²) in [6.07, 6.45) is 4.38. The van der Waals surface area contributed by atoms with Crippen LogP contribution < -0.4 is 10.6 Å². The molecule has 1 heterocycles. The summed E-state index contributed by atoms with van der Waals surface area (Å²) in [4.78, 5) is 43.0. The van der Waals surface area contributed by atoms with Gasteiger partial charge in [-0.1, -0.05) is 67.2 Å². The zero-order valence-electron chi connectivity index (χ0n) is 20.0. The number of carbonyl (C=O) groups is 3. The lowest BCUT2D eigenvalue weighted by molar-refractivity contribution is -0.146. The Kier molecular flexibility index (Phi) is 9.37. The monoisotopic (exact) mass is 554 g/mol. The fourth-order valence-corrected chi connectivity index (χ4v) is 6.27. The molecular weight excluding hydrogens is 529 g/mol. The third-order valence-corrected chi connectivity index (χ3v) is 8.42. The van der Waals surface area contributed by atoms with Crippen molar-refractivity contribution < 1.29 is 19.5 Å². The van der Waals surface area contributed by atoms with Crippen LogP contribution in [0.15, 0.2) is 76.8 Å². The summed E-state index contributed by atoms with van der Waals surface area (Å²) in [5.74, 6) is -2.06. The molecule has 2 aromatic carbocycles. The van der Waals surface area contributed by atoms with Crippen molar-refractivity contribution in [3.8, 4) is 0 Å². The van der Waals surface area contributed by atoms with Gasteiger partial charge >= 0.3 is 5.97 Å². The van der Waals surface area contributed by atoms with Gasteiger partial charge in [0.15, 0.2) is 0 Å². The second kappa shape index (κ2) is 12.9. The molecule has 3 N–H and O–H groups in total. The van der Waals surface area contributed by atoms with E-state index < -0.39 is 23.1 Å². The zero-order chi connectivity index (χ0) is 26.2. The van der Waals surface area contributed by atoms with Crippen molar-refractivity contribution in [3.63, 3.8) is 0 Å². The van der Waals surface area contributed by atoms with Gasteiger partial charge in [-0.05, 0) is 42.4 Å². The van der Waals surface area contributed by atoms with Crippen LogP contribution in [0.5, 0.6) is 0 Å². The second-order valence-corrected chi connectivity index (χ2v) is 11.4. The van der Waals surface area contributed by atoms with Gasteiger partial charge in [0.2, 0.25) is 22.1 Å². The molecule has 3 aromatic rings. The lowest BCUT2D eigenvalue weighted by Crippen LogP contribution is -2.34. The van der Waals surface area contributed by atoms with Crippen LogP contribution in [-0.4, -0.2) is 38.0 Å². The second-order valence-electron chi connectivity index (χ2n) is 8.22. The lowest BCUT2D eigenvalue weighted by Gasteiger charge is -2.24. The van der Waals surface area contributed by atoms with Gasteiger partial charge in [-0.3, -0.25) is 19.7 Å². The van der Waals surface area contributed by atoms with Gasteiger partial charge in [-0.25, -0.2) is 0 Å². The number of allylic oxidation sites excluding steroid dienone is 2. The molecule has 37 heavy (non-hydrogen) atoms. The van der Waals surface area contributed by atoms with Crippen molar-refractivity contribution in [2.45, 2.75) is 35.1 Å². The molecule has 0 spiro atoms. The summed E-state index contributed by atoms with van der Waals surface area (Å²) in [6.45, 7) is 2.01. The van der Waals surface area contributed by atoms with Crippen molar-refractivity contribution >= 4 is 63.7 Å². The average molecular weight is 555 g/mol. The fourth-order valence-electron chi connectivity index (χ4n) is 3.92. The summed E-state index contributed by atoms with van der Waals surface area (Å²) in [7, 11) is 0. The van der Waals surface area contributed by atoms with E-state index in [0.717, 1.165) is 27.7 Å². The van der Waals surface area contributed by atoms with Gasteiger partial charge in [-0.15, -0.1) is 11.8 Å². The highest BCUT2D eigenvalue weighted by atomic mass is 32.2. The molecule has 1 aliphatic rings. The van der Waals surface area contributed by atoms with Gasteiger partial charge in [0.25, 0.3) is 0 Å². The van der Waals surface area contributed by atoms with Crippen molar-refractivity contribution in [3.05, 3.63) is 72.3 Å². The van der Waals surface area contributed by atoms with E-state index >= 15 is 0 Å². The molecule has 0 fully saturated rings. The van der Waals surface area contributed by atoms with E-state index in [9.17, 15) is 19.5 Å². The van der Waals surface area contributed by atoms with E-state index in [-0.39, 0.29) is 11.8 Å². The molecule has 11 heteroatoms. The summed E-state index contributed by atoms with van der Waals surface area (Å²) >= 11 is 4.01. The number of aromatic nitrogens is 2. The number of carboxylic acid groups (broad SMARTS) is 1. The van der Waals surface area contributed by atoms with Crippen LogP contribution in [0.25, 0.3) is 0 Å². The fraction of sp³-hybridized carbons (Fsp3) is 0.269. The molecule has 0 radical (unpaired) electrons. The first-order valence-electron chi connectivity index (χ1n) is 11.7. The number of rotatable bonds is 10. The lowest BCUT2D eigenvalue weighted by atomic mass is 9.82. The minimum atomic E-state index is -0.971. The van der Waals surface area contributed by atoms with Crippen molar-refractivity contribution in [1.29, 1.82) is 0 Å². The summed E-state index contributed by atoms with van der Waals surface area (Å²) < 4.78 is 4.26. The highest BCUT2D eigenvalue weighted by Gasteiger charge is 2.34. The Morgan fingerprint density at radius 2 is 1.81 bits per heavy atom. The van der Waals surface area contributed by atoms with Gasteiger partial charge in [0.05, 0.1) is 11.8 Å². The molecule has 3 atom stereocenters. The SMILES string of the molecule is CCSc1nsc(NC(=O)C(Sc2cccc(NC(=O)C3CC=CCC3C(=O)O)c2)c2ccccc2)n1. The van der Waals surface area contributed by atoms with Crippen LogP contribution in [0.1, 0.15) is 30.6 Å². The van der Waals surface area contributed by atoms with E-state index in [2.05, 4.69) is 20.0 Å². The number of hydrogen-bond acceptors (Lipinski definition) is 8. The first-order chi connectivity index (χ1) is 17.9. The Morgan fingerprint density at radius 3 is 2.54 bits per heavy atom. The quantitative estimate of drug-likeness (QED) is 0.215. The van der Waals surface area contributed by atoms with Gasteiger partial charge < -0.3 is 10.4 Å². The topological polar surface area (TPSA) is 121 Å². The Balaban J connectivity index is 1.50. The molecule has 192 valence electrons. The molecule has 1 aromatic heterocycles. The number of hydrogen-bond donors (Lipinski definition) is 3.